The van der Waals surface area contributed by atoms with Gasteiger partial charge in [0, 0.05) is 30.1 Å². The van der Waals surface area contributed by atoms with Crippen molar-refractivity contribution in [3.8, 4) is 0 Å². The molecule has 2 aromatic rings. The number of aromatic nitrogens is 2. The van der Waals surface area contributed by atoms with Crippen LogP contribution in [0.2, 0.25) is 0 Å². The van der Waals surface area contributed by atoms with Crippen molar-refractivity contribution < 1.29 is 9.18 Å². The third kappa shape index (κ3) is 6.37. The first-order valence-corrected chi connectivity index (χ1v) is 9.78. The predicted molar refractivity (Wildman–Crippen MR) is 104 cm³/mol. The number of nitrogen functional groups attached to an aromatic ring is 1. The van der Waals surface area contributed by atoms with Crippen molar-refractivity contribution in [2.24, 2.45) is 0 Å². The summed E-state index contributed by atoms with van der Waals surface area (Å²) in [5, 5.41) is 0.942. The molecule has 0 aliphatic rings. The number of hydrogen-bond acceptors (Lipinski definition) is 4. The van der Waals surface area contributed by atoms with Crippen LogP contribution in [0.5, 0.6) is 0 Å². The fraction of sp³-hybridized carbons (Fsp3) is 0.421. The molecule has 140 valence electrons. The van der Waals surface area contributed by atoms with E-state index in [1.807, 2.05) is 0 Å². The highest BCUT2D eigenvalue weighted by Crippen LogP contribution is 2.16. The van der Waals surface area contributed by atoms with Gasteiger partial charge in [-0.3, -0.25) is 4.79 Å². The van der Waals surface area contributed by atoms with Gasteiger partial charge in [0.05, 0.1) is 6.54 Å². The van der Waals surface area contributed by atoms with Gasteiger partial charge >= 0.3 is 0 Å². The van der Waals surface area contributed by atoms with Gasteiger partial charge in [-0.05, 0) is 37.5 Å². The molecule has 7 heteroatoms. The van der Waals surface area contributed by atoms with Gasteiger partial charge in [0.15, 0.2) is 0 Å². The van der Waals surface area contributed by atoms with Crippen LogP contribution in [0.3, 0.4) is 0 Å². The highest BCUT2D eigenvalue weighted by Gasteiger charge is 2.16. The Hall–Kier alpha value is -2.02. The van der Waals surface area contributed by atoms with Crippen LogP contribution in [0.1, 0.15) is 42.6 Å². The number of nitrogens with two attached hydrogens (primary N) is 1. The third-order valence-electron chi connectivity index (χ3n) is 4.04. The summed E-state index contributed by atoms with van der Waals surface area (Å²) >= 11 is 3.40. The first-order chi connectivity index (χ1) is 12.5. The van der Waals surface area contributed by atoms with Gasteiger partial charge in [0.1, 0.15) is 17.5 Å². The second kappa shape index (κ2) is 10.2. The Bertz CT molecular complexity index is 724. The molecular weight excluding hydrogens is 399 g/mol. The maximum Gasteiger partial charge on any atom is 0.223 e. The van der Waals surface area contributed by atoms with Gasteiger partial charge < -0.3 is 10.6 Å². The monoisotopic (exact) mass is 422 g/mol. The van der Waals surface area contributed by atoms with Crippen molar-refractivity contribution in [1.82, 2.24) is 14.9 Å². The molecule has 1 aromatic carbocycles. The number of unbranched alkanes of at least 4 members (excludes halogenated alkanes) is 2. The maximum atomic E-state index is 13.1. The fourth-order valence-electron chi connectivity index (χ4n) is 2.59. The molecular formula is C19H24BrFN4O. The van der Waals surface area contributed by atoms with Crippen molar-refractivity contribution in [3.05, 3.63) is 53.2 Å². The summed E-state index contributed by atoms with van der Waals surface area (Å²) in [5.74, 6) is 0.729. The molecule has 0 aliphatic heterocycles. The summed E-state index contributed by atoms with van der Waals surface area (Å²) in [6.07, 6.45) is 5.01. The third-order valence-corrected chi connectivity index (χ3v) is 4.60. The number of anilines is 1. The van der Waals surface area contributed by atoms with Crippen LogP contribution in [0, 0.1) is 12.7 Å². The van der Waals surface area contributed by atoms with E-state index in [4.69, 9.17) is 5.73 Å². The van der Waals surface area contributed by atoms with Gasteiger partial charge in [-0.25, -0.2) is 14.4 Å². The van der Waals surface area contributed by atoms with Crippen LogP contribution < -0.4 is 5.73 Å². The van der Waals surface area contributed by atoms with E-state index in [2.05, 4.69) is 25.9 Å². The van der Waals surface area contributed by atoms with Gasteiger partial charge in [-0.15, -0.1) is 0 Å². The molecule has 0 fully saturated rings. The Morgan fingerprint density at radius 1 is 1.19 bits per heavy atom. The van der Waals surface area contributed by atoms with E-state index in [9.17, 15) is 9.18 Å². The summed E-state index contributed by atoms with van der Waals surface area (Å²) < 4.78 is 13.1. The largest absolute Gasteiger partial charge is 0.383 e. The van der Waals surface area contributed by atoms with Crippen molar-refractivity contribution in [3.63, 3.8) is 0 Å². The highest BCUT2D eigenvalue weighted by molar-refractivity contribution is 9.09. The SMILES string of the molecule is Cc1ncc(CN(Cc2ccc(F)cc2)C(=O)CCCCCBr)c(N)n1. The minimum atomic E-state index is -0.294. The van der Waals surface area contributed by atoms with Crippen LogP contribution in [-0.4, -0.2) is 26.1 Å². The quantitative estimate of drug-likeness (QED) is 0.489. The van der Waals surface area contributed by atoms with Crippen LogP contribution >= 0.6 is 15.9 Å². The second-order valence-electron chi connectivity index (χ2n) is 6.20. The summed E-state index contributed by atoms with van der Waals surface area (Å²) in [4.78, 5) is 22.8. The van der Waals surface area contributed by atoms with Crippen molar-refractivity contribution in [2.75, 3.05) is 11.1 Å². The van der Waals surface area contributed by atoms with E-state index in [0.717, 1.165) is 30.2 Å². The molecule has 1 aromatic heterocycles. The van der Waals surface area contributed by atoms with E-state index in [0.29, 0.717) is 36.7 Å². The molecule has 5 nitrogen and oxygen atoms in total. The first kappa shape index (κ1) is 20.3. The van der Waals surface area contributed by atoms with E-state index in [-0.39, 0.29) is 11.7 Å². The van der Waals surface area contributed by atoms with Crippen LogP contribution in [-0.2, 0) is 17.9 Å². The van der Waals surface area contributed by atoms with Crippen LogP contribution in [0.25, 0.3) is 0 Å². The molecule has 1 heterocycles. The number of carbonyl (C=O) groups is 1. The Balaban J connectivity index is 2.11. The van der Waals surface area contributed by atoms with E-state index in [1.54, 1.807) is 30.2 Å². The number of carbonyl (C=O) groups excluding carboxylic acids is 1. The zero-order valence-electron chi connectivity index (χ0n) is 14.9. The number of hydrogen-bond donors (Lipinski definition) is 1. The number of aryl methyl sites for hydroxylation is 1. The zero-order valence-corrected chi connectivity index (χ0v) is 16.5. The van der Waals surface area contributed by atoms with E-state index in [1.165, 1.54) is 12.1 Å². The highest BCUT2D eigenvalue weighted by atomic mass is 79.9. The van der Waals surface area contributed by atoms with E-state index < -0.39 is 0 Å². The van der Waals surface area contributed by atoms with Crippen molar-refractivity contribution in [2.45, 2.75) is 45.7 Å². The number of rotatable bonds is 9. The molecule has 26 heavy (non-hydrogen) atoms. The number of amides is 1. The minimum Gasteiger partial charge on any atom is -0.383 e. The molecule has 0 radical (unpaired) electrons. The fourth-order valence-corrected chi connectivity index (χ4v) is 2.98. The maximum absolute atomic E-state index is 13.1. The molecule has 0 aliphatic carbocycles. The molecule has 0 unspecified atom stereocenters. The van der Waals surface area contributed by atoms with Gasteiger partial charge in [0.25, 0.3) is 0 Å². The standard InChI is InChI=1S/C19H24BrFN4O/c1-14-23-11-16(19(22)24-14)13-25(18(26)5-3-2-4-10-20)12-15-6-8-17(21)9-7-15/h6-9,11H,2-5,10,12-13H2,1H3,(H2,22,23,24). The summed E-state index contributed by atoms with van der Waals surface area (Å²) in [6, 6.07) is 6.18. The predicted octanol–water partition coefficient (Wildman–Crippen LogP) is 3.99. The Morgan fingerprint density at radius 3 is 2.58 bits per heavy atom. The Morgan fingerprint density at radius 2 is 1.92 bits per heavy atom. The first-order valence-electron chi connectivity index (χ1n) is 8.65. The lowest BCUT2D eigenvalue weighted by Crippen LogP contribution is -2.30. The molecule has 0 saturated carbocycles. The van der Waals surface area contributed by atoms with Crippen LogP contribution in [0.15, 0.2) is 30.5 Å². The molecule has 1 amide bonds. The average Bonchev–Trinajstić information content (AvgIpc) is 2.62. The lowest BCUT2D eigenvalue weighted by Gasteiger charge is -2.23. The van der Waals surface area contributed by atoms with Gasteiger partial charge in [0.2, 0.25) is 5.91 Å². The number of benzene rings is 1. The summed E-state index contributed by atoms with van der Waals surface area (Å²) in [7, 11) is 0. The number of alkyl halides is 1. The Labute approximate surface area is 162 Å². The van der Waals surface area contributed by atoms with Gasteiger partial charge in [-0.1, -0.05) is 34.5 Å². The normalized spacial score (nSPS) is 10.7. The molecule has 2 rings (SSSR count). The van der Waals surface area contributed by atoms with Crippen LogP contribution in [0.4, 0.5) is 10.2 Å². The topological polar surface area (TPSA) is 72.1 Å². The van der Waals surface area contributed by atoms with Crippen molar-refractivity contribution in [1.29, 1.82) is 0 Å². The Kier molecular flexibility index (Phi) is 7.97. The summed E-state index contributed by atoms with van der Waals surface area (Å²) in [5.41, 5.74) is 7.56. The summed E-state index contributed by atoms with van der Waals surface area (Å²) in [6.45, 7) is 2.50. The molecule has 0 bridgehead atoms. The lowest BCUT2D eigenvalue weighted by atomic mass is 10.1. The van der Waals surface area contributed by atoms with E-state index >= 15 is 0 Å². The van der Waals surface area contributed by atoms with Crippen molar-refractivity contribution >= 4 is 27.7 Å². The minimum absolute atomic E-state index is 0.0453. The van der Waals surface area contributed by atoms with Gasteiger partial charge in [-0.2, -0.15) is 0 Å². The average molecular weight is 423 g/mol. The molecule has 2 N–H and O–H groups in total. The zero-order chi connectivity index (χ0) is 18.9. The number of halogens is 2. The number of nitrogens with zero attached hydrogens (tertiary/aromatic N) is 3. The molecule has 0 atom stereocenters. The lowest BCUT2D eigenvalue weighted by molar-refractivity contribution is -0.132. The molecule has 0 spiro atoms. The molecule has 0 saturated heterocycles. The smallest absolute Gasteiger partial charge is 0.223 e. The second-order valence-corrected chi connectivity index (χ2v) is 7.00.